The van der Waals surface area contributed by atoms with Gasteiger partial charge in [0, 0.05) is 13.1 Å². The predicted octanol–water partition coefficient (Wildman–Crippen LogP) is 2.98. The summed E-state index contributed by atoms with van der Waals surface area (Å²) in [5.41, 5.74) is 3.41. The minimum Gasteiger partial charge on any atom is -0.494 e. The van der Waals surface area contributed by atoms with Gasteiger partial charge in [-0.25, -0.2) is 0 Å². The lowest BCUT2D eigenvalue weighted by molar-refractivity contribution is -0.131. The van der Waals surface area contributed by atoms with Crippen LogP contribution in [0.3, 0.4) is 0 Å². The number of hydrogen-bond donors (Lipinski definition) is 0. The number of fused-ring (bicyclic) bond motifs is 2. The molecule has 4 rings (SSSR count). The van der Waals surface area contributed by atoms with Crippen LogP contribution in [0.1, 0.15) is 23.6 Å². The zero-order chi connectivity index (χ0) is 17.9. The van der Waals surface area contributed by atoms with E-state index < -0.39 is 0 Å². The molecule has 0 radical (unpaired) electrons. The molecule has 26 heavy (non-hydrogen) atoms. The molecule has 0 fully saturated rings. The van der Waals surface area contributed by atoms with Gasteiger partial charge in [0.2, 0.25) is 5.91 Å². The van der Waals surface area contributed by atoms with Gasteiger partial charge in [0.1, 0.15) is 19.0 Å². The highest BCUT2D eigenvalue weighted by Gasteiger charge is 2.24. The van der Waals surface area contributed by atoms with E-state index in [0.717, 1.165) is 41.3 Å². The van der Waals surface area contributed by atoms with Crippen LogP contribution in [0.15, 0.2) is 36.4 Å². The number of amides is 1. The lowest BCUT2D eigenvalue weighted by atomic mass is 9.98. The zero-order valence-corrected chi connectivity index (χ0v) is 15.0. The van der Waals surface area contributed by atoms with Crippen molar-refractivity contribution in [3.8, 4) is 17.2 Å². The molecule has 1 amide bonds. The molecule has 5 nitrogen and oxygen atoms in total. The van der Waals surface area contributed by atoms with Gasteiger partial charge in [0.05, 0.1) is 13.0 Å². The van der Waals surface area contributed by atoms with Crippen molar-refractivity contribution in [2.45, 2.75) is 26.3 Å². The Morgan fingerprint density at radius 3 is 2.46 bits per heavy atom. The van der Waals surface area contributed by atoms with Crippen LogP contribution in [0.2, 0.25) is 0 Å². The van der Waals surface area contributed by atoms with Gasteiger partial charge in [-0.3, -0.25) is 4.79 Å². The molecule has 0 aliphatic carbocycles. The number of rotatable bonds is 4. The maximum atomic E-state index is 12.7. The van der Waals surface area contributed by atoms with E-state index in [1.807, 2.05) is 42.2 Å². The Morgan fingerprint density at radius 1 is 1.08 bits per heavy atom. The first-order valence-corrected chi connectivity index (χ1v) is 9.14. The average Bonchev–Trinajstić information content (AvgIpc) is 2.67. The third kappa shape index (κ3) is 3.47. The maximum Gasteiger partial charge on any atom is 0.227 e. The van der Waals surface area contributed by atoms with E-state index in [9.17, 15) is 4.79 Å². The number of ether oxygens (including phenoxy) is 3. The second-order valence-electron chi connectivity index (χ2n) is 6.58. The van der Waals surface area contributed by atoms with Crippen molar-refractivity contribution in [3.05, 3.63) is 53.1 Å². The number of carbonyl (C=O) groups is 1. The molecule has 0 N–H and O–H groups in total. The average molecular weight is 353 g/mol. The van der Waals surface area contributed by atoms with Crippen LogP contribution in [0.5, 0.6) is 17.2 Å². The van der Waals surface area contributed by atoms with Gasteiger partial charge >= 0.3 is 0 Å². The van der Waals surface area contributed by atoms with E-state index in [1.54, 1.807) is 0 Å². The van der Waals surface area contributed by atoms with Gasteiger partial charge in [-0.05, 0) is 54.3 Å². The molecule has 2 aromatic carbocycles. The summed E-state index contributed by atoms with van der Waals surface area (Å²) in [6, 6.07) is 11.9. The standard InChI is InChI=1S/C21H23NO4/c1-2-24-18-5-3-15(4-6-18)11-21(23)22-8-7-16-12-19-20(13-17(16)14-22)26-10-9-25-19/h3-6,12-13H,2,7-11,14H2,1H3. The van der Waals surface area contributed by atoms with Crippen LogP contribution in [-0.2, 0) is 24.2 Å². The number of carbonyl (C=O) groups excluding carboxylic acids is 1. The van der Waals surface area contributed by atoms with Crippen molar-refractivity contribution in [3.63, 3.8) is 0 Å². The molecule has 0 atom stereocenters. The molecule has 0 bridgehead atoms. The van der Waals surface area contributed by atoms with E-state index in [4.69, 9.17) is 14.2 Å². The Labute approximate surface area is 153 Å². The van der Waals surface area contributed by atoms with Crippen LogP contribution in [0.25, 0.3) is 0 Å². The van der Waals surface area contributed by atoms with Crippen molar-refractivity contribution in [2.24, 2.45) is 0 Å². The zero-order valence-electron chi connectivity index (χ0n) is 15.0. The molecule has 0 saturated carbocycles. The molecule has 2 aromatic rings. The molecule has 2 aliphatic rings. The van der Waals surface area contributed by atoms with Crippen LogP contribution in [-0.4, -0.2) is 37.2 Å². The summed E-state index contributed by atoms with van der Waals surface area (Å²) in [7, 11) is 0. The van der Waals surface area contributed by atoms with Gasteiger partial charge < -0.3 is 19.1 Å². The first kappa shape index (κ1) is 16.8. The second-order valence-corrected chi connectivity index (χ2v) is 6.58. The maximum absolute atomic E-state index is 12.7. The minimum absolute atomic E-state index is 0.148. The van der Waals surface area contributed by atoms with Gasteiger partial charge in [0.25, 0.3) is 0 Å². The highest BCUT2D eigenvalue weighted by molar-refractivity contribution is 5.79. The molecule has 2 aliphatic heterocycles. The third-order valence-corrected chi connectivity index (χ3v) is 4.82. The minimum atomic E-state index is 0.148. The summed E-state index contributed by atoms with van der Waals surface area (Å²) in [6.45, 7) is 5.14. The monoisotopic (exact) mass is 353 g/mol. The van der Waals surface area contributed by atoms with E-state index in [2.05, 4.69) is 6.07 Å². The third-order valence-electron chi connectivity index (χ3n) is 4.82. The Bertz CT molecular complexity index is 800. The van der Waals surface area contributed by atoms with Crippen LogP contribution < -0.4 is 14.2 Å². The lowest BCUT2D eigenvalue weighted by Crippen LogP contribution is -2.37. The Kier molecular flexibility index (Phi) is 4.69. The number of nitrogens with zero attached hydrogens (tertiary/aromatic N) is 1. The molecule has 2 heterocycles. The van der Waals surface area contributed by atoms with Crippen LogP contribution in [0.4, 0.5) is 0 Å². The fourth-order valence-electron chi connectivity index (χ4n) is 3.46. The first-order chi connectivity index (χ1) is 12.7. The van der Waals surface area contributed by atoms with Crippen molar-refractivity contribution in [1.82, 2.24) is 4.90 Å². The molecular weight excluding hydrogens is 330 g/mol. The predicted molar refractivity (Wildman–Crippen MR) is 97.9 cm³/mol. The Balaban J connectivity index is 1.43. The fraction of sp³-hybridized carbons (Fsp3) is 0.381. The molecular formula is C21H23NO4. The topological polar surface area (TPSA) is 48.0 Å². The summed E-state index contributed by atoms with van der Waals surface area (Å²) in [6.07, 6.45) is 1.26. The van der Waals surface area contributed by atoms with E-state index in [1.165, 1.54) is 5.56 Å². The van der Waals surface area contributed by atoms with Crippen LogP contribution in [0, 0.1) is 0 Å². The molecule has 0 unspecified atom stereocenters. The van der Waals surface area contributed by atoms with Crippen molar-refractivity contribution >= 4 is 5.91 Å². The van der Waals surface area contributed by atoms with Crippen molar-refractivity contribution in [2.75, 3.05) is 26.4 Å². The van der Waals surface area contributed by atoms with Crippen molar-refractivity contribution in [1.29, 1.82) is 0 Å². The summed E-state index contributed by atoms with van der Waals surface area (Å²) in [5, 5.41) is 0. The molecule has 5 heteroatoms. The summed E-state index contributed by atoms with van der Waals surface area (Å²) in [4.78, 5) is 14.6. The van der Waals surface area contributed by atoms with Crippen molar-refractivity contribution < 1.29 is 19.0 Å². The molecule has 136 valence electrons. The first-order valence-electron chi connectivity index (χ1n) is 9.14. The lowest BCUT2D eigenvalue weighted by Gasteiger charge is -2.30. The molecule has 0 saturated heterocycles. The van der Waals surface area contributed by atoms with E-state index in [-0.39, 0.29) is 5.91 Å². The SMILES string of the molecule is CCOc1ccc(CC(=O)N2CCc3cc4c(cc3C2)OCCO4)cc1. The fourth-order valence-corrected chi connectivity index (χ4v) is 3.46. The highest BCUT2D eigenvalue weighted by atomic mass is 16.6. The van der Waals surface area contributed by atoms with E-state index in [0.29, 0.717) is 32.8 Å². The normalized spacial score (nSPS) is 15.3. The Hall–Kier alpha value is -2.69. The summed E-state index contributed by atoms with van der Waals surface area (Å²) < 4.78 is 16.8. The largest absolute Gasteiger partial charge is 0.494 e. The summed E-state index contributed by atoms with van der Waals surface area (Å²) in [5.74, 6) is 2.59. The van der Waals surface area contributed by atoms with Gasteiger partial charge in [-0.1, -0.05) is 12.1 Å². The number of hydrogen-bond acceptors (Lipinski definition) is 4. The van der Waals surface area contributed by atoms with Gasteiger partial charge in [-0.2, -0.15) is 0 Å². The van der Waals surface area contributed by atoms with Gasteiger partial charge in [-0.15, -0.1) is 0 Å². The van der Waals surface area contributed by atoms with Gasteiger partial charge in [0.15, 0.2) is 11.5 Å². The summed E-state index contributed by atoms with van der Waals surface area (Å²) >= 11 is 0. The quantitative estimate of drug-likeness (QED) is 0.848. The molecule has 0 spiro atoms. The highest BCUT2D eigenvalue weighted by Crippen LogP contribution is 2.35. The number of benzene rings is 2. The Morgan fingerprint density at radius 2 is 1.77 bits per heavy atom. The van der Waals surface area contributed by atoms with E-state index >= 15 is 0 Å². The van der Waals surface area contributed by atoms with Crippen LogP contribution >= 0.6 is 0 Å². The second kappa shape index (κ2) is 7.28. The molecule has 0 aromatic heterocycles. The smallest absolute Gasteiger partial charge is 0.227 e.